The van der Waals surface area contributed by atoms with Crippen molar-refractivity contribution in [2.24, 2.45) is 0 Å². The molecule has 0 fully saturated rings. The van der Waals surface area contributed by atoms with Gasteiger partial charge in [-0.05, 0) is 51.5 Å². The highest BCUT2D eigenvalue weighted by atomic mass is 16.5. The zero-order valence-electron chi connectivity index (χ0n) is 16.6. The molecule has 0 aliphatic carbocycles. The third-order valence-corrected chi connectivity index (χ3v) is 4.15. The molecule has 0 bridgehead atoms. The van der Waals surface area contributed by atoms with Gasteiger partial charge in [-0.3, -0.25) is 9.78 Å². The lowest BCUT2D eigenvalue weighted by Gasteiger charge is -2.27. The third kappa shape index (κ3) is 5.29. The van der Waals surface area contributed by atoms with Crippen molar-refractivity contribution in [1.82, 2.24) is 10.3 Å². The number of nitrogens with zero attached hydrogens (tertiary/aromatic N) is 1. The number of nitrogens with one attached hydrogen (secondary N) is 3. The van der Waals surface area contributed by atoms with Gasteiger partial charge in [0.05, 0.1) is 11.1 Å². The molecule has 2 aromatic rings. The van der Waals surface area contributed by atoms with Crippen LogP contribution in [0.3, 0.4) is 0 Å². The number of carbonyl (C=O) groups excluding carboxylic acids is 1. The number of amides is 1. The highest BCUT2D eigenvalue weighted by Crippen LogP contribution is 2.27. The van der Waals surface area contributed by atoms with E-state index >= 15 is 0 Å². The fraction of sp³-hybridized carbons (Fsp3) is 0.381. The molecule has 0 radical (unpaired) electrons. The molecule has 3 N–H and O–H groups in total. The standard InChI is InChI=1S/C21H28N4O2/c1-6-16-12-15(10-11-24-16)20(26)25-21(3,4)13-27-18-9-7-8-17(23-5)19(18)14(2)22/h7-12,22-23H,6,13H2,1-5H3,(H,25,26). The molecule has 0 unspecified atom stereocenters. The van der Waals surface area contributed by atoms with E-state index in [1.165, 1.54) is 0 Å². The first-order valence-electron chi connectivity index (χ1n) is 9.04. The summed E-state index contributed by atoms with van der Waals surface area (Å²) in [6, 6.07) is 9.13. The van der Waals surface area contributed by atoms with Crippen molar-refractivity contribution in [3.05, 3.63) is 53.3 Å². The number of hydrogen-bond acceptors (Lipinski definition) is 5. The molecule has 1 aromatic heterocycles. The number of aryl methyl sites for hydroxylation is 1. The highest BCUT2D eigenvalue weighted by molar-refractivity contribution is 6.04. The largest absolute Gasteiger partial charge is 0.490 e. The fourth-order valence-corrected chi connectivity index (χ4v) is 2.73. The van der Waals surface area contributed by atoms with E-state index < -0.39 is 5.54 Å². The average molecular weight is 368 g/mol. The van der Waals surface area contributed by atoms with E-state index in [9.17, 15) is 4.79 Å². The summed E-state index contributed by atoms with van der Waals surface area (Å²) in [7, 11) is 1.81. The first-order valence-corrected chi connectivity index (χ1v) is 9.04. The molecule has 6 heteroatoms. The zero-order chi connectivity index (χ0) is 20.0. The lowest BCUT2D eigenvalue weighted by Crippen LogP contribution is -2.48. The maximum absolute atomic E-state index is 12.6. The molecule has 0 aliphatic heterocycles. The minimum absolute atomic E-state index is 0.159. The lowest BCUT2D eigenvalue weighted by molar-refractivity contribution is 0.0880. The van der Waals surface area contributed by atoms with E-state index in [-0.39, 0.29) is 12.5 Å². The van der Waals surface area contributed by atoms with Gasteiger partial charge < -0.3 is 20.8 Å². The number of hydrogen-bond donors (Lipinski definition) is 3. The van der Waals surface area contributed by atoms with Crippen molar-refractivity contribution in [2.75, 3.05) is 19.0 Å². The second-order valence-corrected chi connectivity index (χ2v) is 7.07. The lowest BCUT2D eigenvalue weighted by atomic mass is 10.0. The number of carbonyl (C=O) groups is 1. The van der Waals surface area contributed by atoms with Crippen LogP contribution in [-0.2, 0) is 6.42 Å². The molecule has 0 saturated carbocycles. The number of benzene rings is 1. The summed E-state index contributed by atoms with van der Waals surface area (Å²) in [5.41, 5.74) is 2.86. The van der Waals surface area contributed by atoms with Crippen LogP contribution in [0.2, 0.25) is 0 Å². The van der Waals surface area contributed by atoms with Crippen LogP contribution in [0, 0.1) is 5.41 Å². The molecule has 2 rings (SSSR count). The van der Waals surface area contributed by atoms with Crippen molar-refractivity contribution in [3.8, 4) is 5.75 Å². The molecular formula is C21H28N4O2. The summed E-state index contributed by atoms with van der Waals surface area (Å²) in [6.45, 7) is 7.82. The van der Waals surface area contributed by atoms with E-state index in [1.807, 2.05) is 46.0 Å². The van der Waals surface area contributed by atoms with Gasteiger partial charge in [-0.25, -0.2) is 0 Å². The second-order valence-electron chi connectivity index (χ2n) is 7.07. The van der Waals surface area contributed by atoms with Crippen molar-refractivity contribution in [1.29, 1.82) is 5.41 Å². The summed E-state index contributed by atoms with van der Waals surface area (Å²) < 4.78 is 5.98. The molecule has 0 atom stereocenters. The van der Waals surface area contributed by atoms with Crippen LogP contribution in [0.5, 0.6) is 5.75 Å². The maximum Gasteiger partial charge on any atom is 0.251 e. The molecule has 0 aliphatic rings. The smallest absolute Gasteiger partial charge is 0.251 e. The molecule has 1 heterocycles. The number of aromatic nitrogens is 1. The van der Waals surface area contributed by atoms with Crippen molar-refractivity contribution >= 4 is 17.3 Å². The van der Waals surface area contributed by atoms with E-state index in [0.29, 0.717) is 17.0 Å². The van der Waals surface area contributed by atoms with Gasteiger partial charge in [0, 0.05) is 35.9 Å². The summed E-state index contributed by atoms with van der Waals surface area (Å²) in [5, 5.41) is 14.1. The van der Waals surface area contributed by atoms with Gasteiger partial charge in [-0.1, -0.05) is 13.0 Å². The molecule has 1 aromatic carbocycles. The van der Waals surface area contributed by atoms with Crippen LogP contribution in [-0.4, -0.2) is 35.8 Å². The predicted octanol–water partition coefficient (Wildman–Crippen LogP) is 3.66. The Balaban J connectivity index is 2.11. The fourth-order valence-electron chi connectivity index (χ4n) is 2.73. The van der Waals surface area contributed by atoms with Crippen molar-refractivity contribution < 1.29 is 9.53 Å². The Morgan fingerprint density at radius 3 is 2.67 bits per heavy atom. The Bertz CT molecular complexity index is 831. The Morgan fingerprint density at radius 1 is 1.30 bits per heavy atom. The minimum Gasteiger partial charge on any atom is -0.490 e. The van der Waals surface area contributed by atoms with Crippen LogP contribution < -0.4 is 15.4 Å². The highest BCUT2D eigenvalue weighted by Gasteiger charge is 2.23. The van der Waals surface area contributed by atoms with Gasteiger partial charge in [0.1, 0.15) is 12.4 Å². The van der Waals surface area contributed by atoms with Crippen LogP contribution in [0.15, 0.2) is 36.5 Å². The van der Waals surface area contributed by atoms with Gasteiger partial charge in [0.15, 0.2) is 0 Å². The van der Waals surface area contributed by atoms with Gasteiger partial charge in [0.25, 0.3) is 5.91 Å². The Labute approximate surface area is 160 Å². The Kier molecular flexibility index (Phi) is 6.55. The minimum atomic E-state index is -0.588. The number of anilines is 1. The monoisotopic (exact) mass is 368 g/mol. The summed E-state index contributed by atoms with van der Waals surface area (Å²) in [6.07, 6.45) is 2.43. The first-order chi connectivity index (χ1) is 12.8. The second kappa shape index (κ2) is 8.66. The van der Waals surface area contributed by atoms with Gasteiger partial charge >= 0.3 is 0 Å². The van der Waals surface area contributed by atoms with Gasteiger partial charge in [-0.2, -0.15) is 0 Å². The molecule has 0 saturated heterocycles. The molecular weight excluding hydrogens is 340 g/mol. The summed E-state index contributed by atoms with van der Waals surface area (Å²) in [4.78, 5) is 16.8. The van der Waals surface area contributed by atoms with Gasteiger partial charge in [0.2, 0.25) is 0 Å². The van der Waals surface area contributed by atoms with E-state index in [1.54, 1.807) is 25.3 Å². The molecule has 144 valence electrons. The molecule has 1 amide bonds. The molecule has 6 nitrogen and oxygen atoms in total. The van der Waals surface area contributed by atoms with E-state index in [2.05, 4.69) is 15.6 Å². The topological polar surface area (TPSA) is 87.1 Å². The van der Waals surface area contributed by atoms with Crippen LogP contribution >= 0.6 is 0 Å². The molecule has 0 spiro atoms. The van der Waals surface area contributed by atoms with Crippen LogP contribution in [0.4, 0.5) is 5.69 Å². The maximum atomic E-state index is 12.6. The quantitative estimate of drug-likeness (QED) is 0.621. The van der Waals surface area contributed by atoms with Crippen molar-refractivity contribution in [2.45, 2.75) is 39.7 Å². The first kappa shape index (κ1) is 20.4. The zero-order valence-corrected chi connectivity index (χ0v) is 16.6. The number of pyridine rings is 1. The SMILES string of the molecule is CCc1cc(C(=O)NC(C)(C)COc2cccc(NC)c2C(C)=N)ccn1. The van der Waals surface area contributed by atoms with E-state index in [0.717, 1.165) is 23.4 Å². The molecule has 27 heavy (non-hydrogen) atoms. The van der Waals surface area contributed by atoms with Crippen LogP contribution in [0.25, 0.3) is 0 Å². The Morgan fingerprint density at radius 2 is 2.04 bits per heavy atom. The summed E-state index contributed by atoms with van der Waals surface area (Å²) in [5.74, 6) is 0.460. The summed E-state index contributed by atoms with van der Waals surface area (Å²) >= 11 is 0. The van der Waals surface area contributed by atoms with Gasteiger partial charge in [-0.15, -0.1) is 0 Å². The van der Waals surface area contributed by atoms with E-state index in [4.69, 9.17) is 10.1 Å². The number of rotatable bonds is 8. The van der Waals surface area contributed by atoms with Crippen molar-refractivity contribution in [3.63, 3.8) is 0 Å². The predicted molar refractivity (Wildman–Crippen MR) is 109 cm³/mol. The normalized spacial score (nSPS) is 11.0. The third-order valence-electron chi connectivity index (χ3n) is 4.15. The van der Waals surface area contributed by atoms with Crippen LogP contribution in [0.1, 0.15) is 49.3 Å². The number of ether oxygens (including phenoxy) is 1. The Hall–Kier alpha value is -2.89. The average Bonchev–Trinajstić information content (AvgIpc) is 2.65.